The van der Waals surface area contributed by atoms with Gasteiger partial charge in [-0.15, -0.1) is 11.8 Å². The van der Waals surface area contributed by atoms with E-state index in [4.69, 9.17) is 11.6 Å². The molecule has 1 unspecified atom stereocenters. The number of carbonyl (C=O) groups is 1. The van der Waals surface area contributed by atoms with E-state index in [0.29, 0.717) is 5.56 Å². The number of nitrogens with zero attached hydrogens (tertiary/aromatic N) is 1. The quantitative estimate of drug-likeness (QED) is 0.464. The molecule has 0 aliphatic rings. The summed E-state index contributed by atoms with van der Waals surface area (Å²) in [5.41, 5.74) is 0.168. The van der Waals surface area contributed by atoms with Crippen LogP contribution in [-0.4, -0.2) is 28.7 Å². The fourth-order valence-corrected chi connectivity index (χ4v) is 2.66. The Morgan fingerprint density at radius 1 is 1.33 bits per heavy atom. The van der Waals surface area contributed by atoms with Crippen LogP contribution in [0.3, 0.4) is 0 Å². The predicted molar refractivity (Wildman–Crippen MR) is 93.6 cm³/mol. The van der Waals surface area contributed by atoms with Crippen LogP contribution in [0.2, 0.25) is 5.02 Å². The summed E-state index contributed by atoms with van der Waals surface area (Å²) < 4.78 is 0. The van der Waals surface area contributed by atoms with Gasteiger partial charge in [-0.3, -0.25) is 14.9 Å². The molecule has 2 aromatic rings. The minimum absolute atomic E-state index is 0.0683. The molecule has 2 rings (SSSR count). The summed E-state index contributed by atoms with van der Waals surface area (Å²) in [6.07, 6.45) is 1.03. The molecule has 0 fully saturated rings. The van der Waals surface area contributed by atoms with E-state index in [9.17, 15) is 20.0 Å². The number of aliphatic hydroxyl groups excluding tert-OH is 1. The maximum Gasteiger partial charge on any atom is 0.282 e. The first kappa shape index (κ1) is 18.3. The Balaban J connectivity index is 2.07. The number of carbonyl (C=O) groups excluding carboxylic acids is 1. The van der Waals surface area contributed by atoms with E-state index >= 15 is 0 Å². The summed E-state index contributed by atoms with van der Waals surface area (Å²) in [7, 11) is 0. The number of nitro groups is 1. The molecule has 126 valence electrons. The van der Waals surface area contributed by atoms with Crippen molar-refractivity contribution < 1.29 is 14.8 Å². The minimum Gasteiger partial charge on any atom is -0.387 e. The monoisotopic (exact) mass is 366 g/mol. The van der Waals surface area contributed by atoms with Crippen LogP contribution in [0.4, 0.5) is 5.69 Å². The van der Waals surface area contributed by atoms with Crippen LogP contribution in [0, 0.1) is 10.1 Å². The van der Waals surface area contributed by atoms with Gasteiger partial charge in [0.05, 0.1) is 11.0 Å². The second-order valence-corrected chi connectivity index (χ2v) is 6.23. The lowest BCUT2D eigenvalue weighted by Gasteiger charge is -2.13. The molecule has 0 aliphatic heterocycles. The van der Waals surface area contributed by atoms with Gasteiger partial charge in [-0.25, -0.2) is 0 Å². The van der Waals surface area contributed by atoms with Crippen molar-refractivity contribution in [3.8, 4) is 0 Å². The summed E-state index contributed by atoms with van der Waals surface area (Å²) in [5.74, 6) is -0.663. The van der Waals surface area contributed by atoms with Gasteiger partial charge in [-0.1, -0.05) is 23.7 Å². The molecule has 8 heteroatoms. The summed E-state index contributed by atoms with van der Waals surface area (Å²) in [4.78, 5) is 23.6. The molecule has 0 radical (unpaired) electrons. The summed E-state index contributed by atoms with van der Waals surface area (Å²) in [6.45, 7) is -0.0683. The molecule has 6 nitrogen and oxygen atoms in total. The Morgan fingerprint density at radius 2 is 2.00 bits per heavy atom. The second-order valence-electron chi connectivity index (χ2n) is 4.92. The number of halogens is 1. The first-order chi connectivity index (χ1) is 11.4. The van der Waals surface area contributed by atoms with Gasteiger partial charge in [0.25, 0.3) is 11.6 Å². The van der Waals surface area contributed by atoms with Crippen LogP contribution >= 0.6 is 23.4 Å². The molecule has 0 aromatic heterocycles. The number of nitro benzene ring substituents is 1. The third-order valence-electron chi connectivity index (χ3n) is 3.36. The van der Waals surface area contributed by atoms with Crippen molar-refractivity contribution in [3.05, 3.63) is 68.7 Å². The highest BCUT2D eigenvalue weighted by Gasteiger charge is 2.21. The van der Waals surface area contributed by atoms with Gasteiger partial charge in [-0.2, -0.15) is 0 Å². The molecule has 1 amide bonds. The molecule has 0 saturated heterocycles. The number of rotatable bonds is 6. The highest BCUT2D eigenvalue weighted by atomic mass is 35.5. The Kier molecular flexibility index (Phi) is 6.19. The van der Waals surface area contributed by atoms with Crippen molar-refractivity contribution in [2.75, 3.05) is 12.8 Å². The Hall–Kier alpha value is -2.09. The molecule has 0 spiro atoms. The minimum atomic E-state index is -0.914. The van der Waals surface area contributed by atoms with Gasteiger partial charge < -0.3 is 10.4 Å². The molecule has 0 heterocycles. The predicted octanol–water partition coefficient (Wildman–Crippen LogP) is 3.43. The molecular weight excluding hydrogens is 352 g/mol. The number of benzene rings is 2. The number of nitrogens with one attached hydrogen (secondary N) is 1. The van der Waals surface area contributed by atoms with E-state index in [1.165, 1.54) is 18.2 Å². The number of amides is 1. The number of aliphatic hydroxyl groups is 1. The highest BCUT2D eigenvalue weighted by Crippen LogP contribution is 2.23. The van der Waals surface area contributed by atoms with Gasteiger partial charge in [0.2, 0.25) is 0 Å². The summed E-state index contributed by atoms with van der Waals surface area (Å²) >= 11 is 7.38. The fraction of sp³-hybridized carbons (Fsp3) is 0.188. The number of hydrogen-bond acceptors (Lipinski definition) is 5. The SMILES string of the molecule is CSc1ccc(C(O)CNC(=O)c2cc(Cl)ccc2[N+](=O)[O-])cc1. The lowest BCUT2D eigenvalue weighted by molar-refractivity contribution is -0.385. The maximum absolute atomic E-state index is 12.2. The second kappa shape index (κ2) is 8.14. The van der Waals surface area contributed by atoms with Crippen molar-refractivity contribution >= 4 is 35.0 Å². The van der Waals surface area contributed by atoms with E-state index in [2.05, 4.69) is 5.32 Å². The van der Waals surface area contributed by atoms with Crippen molar-refractivity contribution in [1.82, 2.24) is 5.32 Å². The third kappa shape index (κ3) is 4.47. The Labute approximate surface area is 148 Å². The van der Waals surface area contributed by atoms with Crippen molar-refractivity contribution in [2.45, 2.75) is 11.0 Å². The van der Waals surface area contributed by atoms with Crippen LogP contribution in [0.1, 0.15) is 22.0 Å². The van der Waals surface area contributed by atoms with E-state index in [-0.39, 0.29) is 22.8 Å². The van der Waals surface area contributed by atoms with E-state index < -0.39 is 16.9 Å². The standard InChI is InChI=1S/C16H15ClN2O4S/c1-24-12-5-2-10(3-6-12)15(20)9-18-16(21)13-8-11(17)4-7-14(13)19(22)23/h2-8,15,20H,9H2,1H3,(H,18,21). The van der Waals surface area contributed by atoms with Gasteiger partial charge in [0.15, 0.2) is 0 Å². The maximum atomic E-state index is 12.2. The average Bonchev–Trinajstić information content (AvgIpc) is 2.59. The molecule has 0 aliphatic carbocycles. The van der Waals surface area contributed by atoms with Crippen LogP contribution in [0.25, 0.3) is 0 Å². The van der Waals surface area contributed by atoms with Crippen LogP contribution in [0.15, 0.2) is 47.4 Å². The summed E-state index contributed by atoms with van der Waals surface area (Å²) in [5, 5.41) is 23.8. The zero-order valence-corrected chi connectivity index (χ0v) is 14.3. The summed E-state index contributed by atoms with van der Waals surface area (Å²) in [6, 6.07) is 11.0. The van der Waals surface area contributed by atoms with Gasteiger partial charge >= 0.3 is 0 Å². The lowest BCUT2D eigenvalue weighted by Crippen LogP contribution is -2.29. The van der Waals surface area contributed by atoms with E-state index in [1.54, 1.807) is 23.9 Å². The fourth-order valence-electron chi connectivity index (χ4n) is 2.08. The average molecular weight is 367 g/mol. The van der Waals surface area contributed by atoms with Gasteiger partial charge in [0, 0.05) is 22.5 Å². The molecule has 2 aromatic carbocycles. The Bertz CT molecular complexity index is 752. The molecule has 0 bridgehead atoms. The van der Waals surface area contributed by atoms with Crippen LogP contribution < -0.4 is 5.32 Å². The zero-order valence-electron chi connectivity index (χ0n) is 12.7. The molecular formula is C16H15ClN2O4S. The van der Waals surface area contributed by atoms with Gasteiger partial charge in [0.1, 0.15) is 5.56 Å². The molecule has 1 atom stereocenters. The topological polar surface area (TPSA) is 92.5 Å². The lowest BCUT2D eigenvalue weighted by atomic mass is 10.1. The largest absolute Gasteiger partial charge is 0.387 e. The van der Waals surface area contributed by atoms with Gasteiger partial charge in [-0.05, 0) is 36.1 Å². The highest BCUT2D eigenvalue weighted by molar-refractivity contribution is 7.98. The van der Waals surface area contributed by atoms with Crippen LogP contribution in [0.5, 0.6) is 0 Å². The molecule has 24 heavy (non-hydrogen) atoms. The molecule has 2 N–H and O–H groups in total. The number of hydrogen-bond donors (Lipinski definition) is 2. The van der Waals surface area contributed by atoms with Crippen molar-refractivity contribution in [3.63, 3.8) is 0 Å². The van der Waals surface area contributed by atoms with Crippen molar-refractivity contribution in [2.24, 2.45) is 0 Å². The van der Waals surface area contributed by atoms with E-state index in [0.717, 1.165) is 4.90 Å². The smallest absolute Gasteiger partial charge is 0.282 e. The Morgan fingerprint density at radius 3 is 2.58 bits per heavy atom. The molecule has 0 saturated carbocycles. The van der Waals surface area contributed by atoms with E-state index in [1.807, 2.05) is 18.4 Å². The first-order valence-electron chi connectivity index (χ1n) is 6.96. The van der Waals surface area contributed by atoms with Crippen molar-refractivity contribution in [1.29, 1.82) is 0 Å². The number of thioether (sulfide) groups is 1. The third-order valence-corrected chi connectivity index (χ3v) is 4.34. The first-order valence-corrected chi connectivity index (χ1v) is 8.57. The zero-order chi connectivity index (χ0) is 17.7. The van der Waals surface area contributed by atoms with Crippen LogP contribution in [-0.2, 0) is 0 Å². The normalized spacial score (nSPS) is 11.8.